The van der Waals surface area contributed by atoms with Gasteiger partial charge in [-0.2, -0.15) is 0 Å². The molecule has 0 aliphatic carbocycles. The third-order valence-corrected chi connectivity index (χ3v) is 3.40. The van der Waals surface area contributed by atoms with E-state index in [9.17, 15) is 4.79 Å². The molecule has 0 bridgehead atoms. The maximum atomic E-state index is 10.8. The van der Waals surface area contributed by atoms with Crippen molar-refractivity contribution in [2.24, 2.45) is 11.3 Å². The van der Waals surface area contributed by atoms with E-state index >= 15 is 0 Å². The lowest BCUT2D eigenvalue weighted by atomic mass is 9.93. The first-order valence-electron chi connectivity index (χ1n) is 5.30. The Kier molecular flexibility index (Phi) is 3.20. The quantitative estimate of drug-likeness (QED) is 0.754. The fraction of sp³-hybridized carbons (Fsp3) is 0.909. The lowest BCUT2D eigenvalue weighted by molar-refractivity contribution is -0.143. The van der Waals surface area contributed by atoms with Crippen molar-refractivity contribution in [2.75, 3.05) is 13.1 Å². The van der Waals surface area contributed by atoms with Crippen molar-refractivity contribution in [2.45, 2.75) is 40.2 Å². The molecule has 0 spiro atoms. The second-order valence-electron chi connectivity index (χ2n) is 5.25. The fourth-order valence-electron chi connectivity index (χ4n) is 2.02. The largest absolute Gasteiger partial charge is 0.481 e. The molecule has 14 heavy (non-hydrogen) atoms. The molecule has 2 unspecified atom stereocenters. The van der Waals surface area contributed by atoms with Gasteiger partial charge < -0.3 is 5.11 Å². The molecular formula is C11H21NO2. The van der Waals surface area contributed by atoms with Gasteiger partial charge in [-0.05, 0) is 25.3 Å². The second kappa shape index (κ2) is 3.89. The number of aliphatic carboxylic acids is 1. The molecule has 0 radical (unpaired) electrons. The van der Waals surface area contributed by atoms with Crippen LogP contribution in [0.2, 0.25) is 0 Å². The van der Waals surface area contributed by atoms with Crippen LogP contribution >= 0.6 is 0 Å². The average Bonchev–Trinajstić information content (AvgIpc) is 2.43. The zero-order valence-electron chi connectivity index (χ0n) is 9.58. The first-order chi connectivity index (χ1) is 6.33. The molecule has 1 N–H and O–H groups in total. The van der Waals surface area contributed by atoms with Gasteiger partial charge >= 0.3 is 5.97 Å². The number of hydrogen-bond acceptors (Lipinski definition) is 2. The normalized spacial score (nSPS) is 26.0. The number of rotatable bonds is 3. The van der Waals surface area contributed by atoms with Gasteiger partial charge in [-0.3, -0.25) is 9.69 Å². The number of carboxylic acids is 1. The Balaban J connectivity index is 2.55. The number of hydrogen-bond donors (Lipinski definition) is 1. The van der Waals surface area contributed by atoms with Crippen molar-refractivity contribution in [1.29, 1.82) is 0 Å². The standard InChI is InChI=1S/C11H21NO2/c1-8(10(13)14)9(2)12-6-5-11(3,4)7-12/h8-9H,5-7H2,1-4H3,(H,13,14). The smallest absolute Gasteiger partial charge is 0.307 e. The van der Waals surface area contributed by atoms with E-state index in [0.29, 0.717) is 5.41 Å². The Bertz CT molecular complexity index is 225. The number of carbonyl (C=O) groups is 1. The molecule has 1 fully saturated rings. The second-order valence-corrected chi connectivity index (χ2v) is 5.25. The first-order valence-corrected chi connectivity index (χ1v) is 5.30. The molecule has 1 aliphatic rings. The molecule has 0 aromatic carbocycles. The predicted octanol–water partition coefficient (Wildman–Crippen LogP) is 1.83. The maximum absolute atomic E-state index is 10.8. The SMILES string of the molecule is CC(C(=O)O)C(C)N1CCC(C)(C)C1. The van der Waals surface area contributed by atoms with Crippen molar-refractivity contribution in [3.63, 3.8) is 0 Å². The van der Waals surface area contributed by atoms with E-state index in [2.05, 4.69) is 18.7 Å². The summed E-state index contributed by atoms with van der Waals surface area (Å²) in [4.78, 5) is 13.1. The minimum absolute atomic E-state index is 0.147. The van der Waals surface area contributed by atoms with Gasteiger partial charge in [0.25, 0.3) is 0 Å². The highest BCUT2D eigenvalue weighted by atomic mass is 16.4. The van der Waals surface area contributed by atoms with E-state index in [0.717, 1.165) is 13.1 Å². The van der Waals surface area contributed by atoms with Crippen molar-refractivity contribution < 1.29 is 9.90 Å². The molecule has 1 rings (SSSR count). The van der Waals surface area contributed by atoms with Gasteiger partial charge in [0.1, 0.15) is 0 Å². The molecular weight excluding hydrogens is 178 g/mol. The Morgan fingerprint density at radius 1 is 1.43 bits per heavy atom. The predicted molar refractivity (Wildman–Crippen MR) is 56.2 cm³/mol. The van der Waals surface area contributed by atoms with Crippen LogP contribution in [0.5, 0.6) is 0 Å². The van der Waals surface area contributed by atoms with Crippen LogP contribution in [-0.4, -0.2) is 35.1 Å². The van der Waals surface area contributed by atoms with Crippen LogP contribution in [0.25, 0.3) is 0 Å². The summed E-state index contributed by atoms with van der Waals surface area (Å²) in [7, 11) is 0. The van der Waals surface area contributed by atoms with Gasteiger partial charge in [0, 0.05) is 12.6 Å². The summed E-state index contributed by atoms with van der Waals surface area (Å²) in [6, 6.07) is 0.147. The molecule has 82 valence electrons. The van der Waals surface area contributed by atoms with Crippen LogP contribution < -0.4 is 0 Å². The number of nitrogens with zero attached hydrogens (tertiary/aromatic N) is 1. The molecule has 0 amide bonds. The van der Waals surface area contributed by atoms with Gasteiger partial charge in [-0.1, -0.05) is 20.8 Å². The van der Waals surface area contributed by atoms with E-state index < -0.39 is 5.97 Å². The molecule has 0 saturated carbocycles. The van der Waals surface area contributed by atoms with Crippen LogP contribution in [-0.2, 0) is 4.79 Å². The molecule has 3 nitrogen and oxygen atoms in total. The summed E-state index contributed by atoms with van der Waals surface area (Å²) in [5, 5.41) is 8.92. The van der Waals surface area contributed by atoms with E-state index in [-0.39, 0.29) is 12.0 Å². The van der Waals surface area contributed by atoms with Crippen LogP contribution in [0, 0.1) is 11.3 Å². The molecule has 1 heterocycles. The lowest BCUT2D eigenvalue weighted by Crippen LogP contribution is -2.39. The Morgan fingerprint density at radius 2 is 2.00 bits per heavy atom. The number of likely N-dealkylation sites (tertiary alicyclic amines) is 1. The van der Waals surface area contributed by atoms with Crippen LogP contribution in [0.4, 0.5) is 0 Å². The highest BCUT2D eigenvalue weighted by Crippen LogP contribution is 2.31. The summed E-state index contributed by atoms with van der Waals surface area (Å²) in [6.45, 7) is 10.3. The molecule has 1 saturated heterocycles. The van der Waals surface area contributed by atoms with Crippen molar-refractivity contribution in [3.05, 3.63) is 0 Å². The third kappa shape index (κ3) is 2.47. The van der Waals surface area contributed by atoms with E-state index in [1.165, 1.54) is 6.42 Å². The first kappa shape index (κ1) is 11.5. The highest BCUT2D eigenvalue weighted by molar-refractivity contribution is 5.70. The molecule has 1 aliphatic heterocycles. The maximum Gasteiger partial charge on any atom is 0.307 e. The summed E-state index contributed by atoms with van der Waals surface area (Å²) in [5.74, 6) is -0.967. The van der Waals surface area contributed by atoms with Crippen molar-refractivity contribution in [1.82, 2.24) is 4.90 Å². The minimum atomic E-state index is -0.692. The minimum Gasteiger partial charge on any atom is -0.481 e. The third-order valence-electron chi connectivity index (χ3n) is 3.40. The Hall–Kier alpha value is -0.570. The van der Waals surface area contributed by atoms with Crippen molar-refractivity contribution in [3.8, 4) is 0 Å². The molecule has 0 aromatic heterocycles. The van der Waals surface area contributed by atoms with Gasteiger partial charge in [-0.25, -0.2) is 0 Å². The van der Waals surface area contributed by atoms with E-state index in [1.54, 1.807) is 6.92 Å². The Morgan fingerprint density at radius 3 is 2.36 bits per heavy atom. The topological polar surface area (TPSA) is 40.5 Å². The van der Waals surface area contributed by atoms with E-state index in [4.69, 9.17) is 5.11 Å². The summed E-state index contributed by atoms with van der Waals surface area (Å²) < 4.78 is 0. The zero-order chi connectivity index (χ0) is 10.9. The fourth-order valence-corrected chi connectivity index (χ4v) is 2.02. The molecule has 2 atom stereocenters. The van der Waals surface area contributed by atoms with Crippen molar-refractivity contribution >= 4 is 5.97 Å². The zero-order valence-corrected chi connectivity index (χ0v) is 9.58. The monoisotopic (exact) mass is 199 g/mol. The molecule has 0 aromatic rings. The van der Waals surface area contributed by atoms with E-state index in [1.807, 2.05) is 6.92 Å². The summed E-state index contributed by atoms with van der Waals surface area (Å²) in [6.07, 6.45) is 1.17. The van der Waals surface area contributed by atoms with Gasteiger partial charge in [0.05, 0.1) is 5.92 Å². The summed E-state index contributed by atoms with van der Waals surface area (Å²) in [5.41, 5.74) is 0.354. The van der Waals surface area contributed by atoms with Crippen LogP contribution in [0.3, 0.4) is 0 Å². The summed E-state index contributed by atoms with van der Waals surface area (Å²) >= 11 is 0. The van der Waals surface area contributed by atoms with Gasteiger partial charge in [-0.15, -0.1) is 0 Å². The van der Waals surface area contributed by atoms with Crippen LogP contribution in [0.1, 0.15) is 34.1 Å². The lowest BCUT2D eigenvalue weighted by Gasteiger charge is -2.28. The van der Waals surface area contributed by atoms with Crippen LogP contribution in [0.15, 0.2) is 0 Å². The highest BCUT2D eigenvalue weighted by Gasteiger charge is 2.34. The molecule has 3 heteroatoms. The average molecular weight is 199 g/mol. The van der Waals surface area contributed by atoms with Gasteiger partial charge in [0.2, 0.25) is 0 Å². The van der Waals surface area contributed by atoms with Gasteiger partial charge in [0.15, 0.2) is 0 Å². The number of carboxylic acid groups (broad SMARTS) is 1. The Labute approximate surface area is 86.1 Å².